The van der Waals surface area contributed by atoms with Crippen LogP contribution in [0, 0.1) is 0 Å². The highest BCUT2D eigenvalue weighted by Crippen LogP contribution is 2.24. The third-order valence-corrected chi connectivity index (χ3v) is 4.94. The first-order chi connectivity index (χ1) is 13.8. The van der Waals surface area contributed by atoms with Crippen LogP contribution in [0.15, 0.2) is 64.2 Å². The predicted molar refractivity (Wildman–Crippen MR) is 114 cm³/mol. The van der Waals surface area contributed by atoms with E-state index in [1.54, 1.807) is 0 Å². The summed E-state index contributed by atoms with van der Waals surface area (Å²) < 4.78 is 2.01. The number of hydrogen-bond acceptors (Lipinski definition) is 5. The Bertz CT molecular complexity index is 1160. The molecule has 7 heteroatoms. The number of Topliss-reactive ketones (excluding diaryl/α,β-unsaturated/α-hetero) is 1. The van der Waals surface area contributed by atoms with Crippen LogP contribution in [0.5, 0.6) is 0 Å². The molecule has 0 bridgehead atoms. The number of hydrogen-bond donors (Lipinski definition) is 1. The van der Waals surface area contributed by atoms with Crippen molar-refractivity contribution in [3.05, 3.63) is 86.6 Å². The van der Waals surface area contributed by atoms with Gasteiger partial charge in [0.25, 0.3) is 5.56 Å². The zero-order valence-electron chi connectivity index (χ0n) is 16.8. The fourth-order valence-electron chi connectivity index (χ4n) is 3.35. The second-order valence-corrected chi connectivity index (χ2v) is 7.08. The molecule has 1 heterocycles. The third kappa shape index (κ3) is 4.05. The van der Waals surface area contributed by atoms with E-state index < -0.39 is 17.0 Å². The van der Waals surface area contributed by atoms with Crippen molar-refractivity contribution < 1.29 is 4.79 Å². The molecule has 0 aliphatic heterocycles. The molecule has 0 spiro atoms. The first kappa shape index (κ1) is 20.3. The van der Waals surface area contributed by atoms with E-state index in [4.69, 9.17) is 5.73 Å². The number of nitrogens with two attached hydrogens (primary N) is 1. The Balaban J connectivity index is 1.85. The Morgan fingerprint density at radius 2 is 1.59 bits per heavy atom. The van der Waals surface area contributed by atoms with Crippen LogP contribution in [-0.2, 0) is 20.6 Å². The second kappa shape index (κ2) is 8.28. The van der Waals surface area contributed by atoms with Crippen molar-refractivity contribution in [1.82, 2.24) is 14.0 Å². The van der Waals surface area contributed by atoms with E-state index in [1.165, 1.54) is 14.1 Å². The van der Waals surface area contributed by atoms with Gasteiger partial charge in [-0.3, -0.25) is 23.6 Å². The summed E-state index contributed by atoms with van der Waals surface area (Å²) in [6, 6.07) is 18.0. The normalized spacial score (nSPS) is 11.0. The Morgan fingerprint density at radius 1 is 0.966 bits per heavy atom. The Morgan fingerprint density at radius 3 is 2.28 bits per heavy atom. The number of likely N-dealkylation sites (N-methyl/N-ethyl adjacent to an activating group) is 1. The van der Waals surface area contributed by atoms with Crippen molar-refractivity contribution in [3.8, 4) is 11.1 Å². The molecule has 3 rings (SSSR count). The lowest BCUT2D eigenvalue weighted by Crippen LogP contribution is -2.43. The van der Waals surface area contributed by atoms with Gasteiger partial charge in [0, 0.05) is 20.6 Å². The average Bonchev–Trinajstić information content (AvgIpc) is 2.72. The van der Waals surface area contributed by atoms with Gasteiger partial charge in [-0.15, -0.1) is 0 Å². The maximum absolute atomic E-state index is 12.8. The standard InChI is InChI=1S/C22H24N4O3/c1-24(13-16-11-7-8-12-17(16)15-9-5-4-6-10-15)14-18(27)19-20(23)25(2)22(29)26(3)21(19)28/h4-12H,13-14,23H2,1-3H3. The largest absolute Gasteiger partial charge is 0.384 e. The van der Waals surface area contributed by atoms with Crippen molar-refractivity contribution in [3.63, 3.8) is 0 Å². The lowest BCUT2D eigenvalue weighted by molar-refractivity contribution is 0.0941. The summed E-state index contributed by atoms with van der Waals surface area (Å²) in [6.45, 7) is 0.517. The smallest absolute Gasteiger partial charge is 0.332 e. The molecule has 0 unspecified atom stereocenters. The van der Waals surface area contributed by atoms with E-state index in [0.717, 1.165) is 25.8 Å². The number of benzene rings is 2. The minimum absolute atomic E-state index is 0.000762. The Kier molecular flexibility index (Phi) is 5.79. The first-order valence-electron chi connectivity index (χ1n) is 9.21. The van der Waals surface area contributed by atoms with E-state index in [0.29, 0.717) is 6.54 Å². The number of rotatable bonds is 6. The minimum Gasteiger partial charge on any atom is -0.384 e. The number of ketones is 1. The zero-order chi connectivity index (χ0) is 21.1. The van der Waals surface area contributed by atoms with Crippen LogP contribution in [0.2, 0.25) is 0 Å². The van der Waals surface area contributed by atoms with E-state index in [9.17, 15) is 14.4 Å². The van der Waals surface area contributed by atoms with Gasteiger partial charge in [0.05, 0.1) is 6.54 Å². The third-order valence-electron chi connectivity index (χ3n) is 4.94. The molecule has 0 atom stereocenters. The van der Waals surface area contributed by atoms with Crippen LogP contribution in [0.4, 0.5) is 5.82 Å². The van der Waals surface area contributed by atoms with Crippen LogP contribution in [0.25, 0.3) is 11.1 Å². The Hall–Kier alpha value is -3.45. The van der Waals surface area contributed by atoms with Gasteiger partial charge < -0.3 is 5.73 Å². The lowest BCUT2D eigenvalue weighted by Gasteiger charge is -2.19. The molecule has 0 saturated heterocycles. The number of anilines is 1. The van der Waals surface area contributed by atoms with Gasteiger partial charge in [-0.05, 0) is 23.7 Å². The molecule has 0 aliphatic carbocycles. The monoisotopic (exact) mass is 392 g/mol. The SMILES string of the molecule is CN(CC(=O)c1c(N)n(C)c(=O)n(C)c1=O)Cc1ccccc1-c1ccccc1. The summed E-state index contributed by atoms with van der Waals surface area (Å²) >= 11 is 0. The maximum atomic E-state index is 12.8. The topological polar surface area (TPSA) is 90.3 Å². The maximum Gasteiger partial charge on any atom is 0.332 e. The molecule has 0 amide bonds. The molecule has 150 valence electrons. The van der Waals surface area contributed by atoms with Crippen molar-refractivity contribution in [2.24, 2.45) is 14.1 Å². The van der Waals surface area contributed by atoms with Crippen LogP contribution >= 0.6 is 0 Å². The van der Waals surface area contributed by atoms with Gasteiger partial charge in [0.15, 0.2) is 5.78 Å². The van der Waals surface area contributed by atoms with Crippen molar-refractivity contribution in [2.45, 2.75) is 6.54 Å². The van der Waals surface area contributed by atoms with Crippen molar-refractivity contribution in [1.29, 1.82) is 0 Å². The number of carbonyl (C=O) groups is 1. The molecule has 0 fully saturated rings. The summed E-state index contributed by atoms with van der Waals surface area (Å²) in [5, 5.41) is 0. The summed E-state index contributed by atoms with van der Waals surface area (Å²) in [6.07, 6.45) is 0. The second-order valence-electron chi connectivity index (χ2n) is 7.08. The summed E-state index contributed by atoms with van der Waals surface area (Å²) in [4.78, 5) is 39.0. The van der Waals surface area contributed by atoms with E-state index >= 15 is 0 Å². The van der Waals surface area contributed by atoms with E-state index in [-0.39, 0.29) is 17.9 Å². The molecule has 0 saturated carbocycles. The van der Waals surface area contributed by atoms with Gasteiger partial charge in [-0.2, -0.15) is 0 Å². The van der Waals surface area contributed by atoms with Crippen LogP contribution < -0.4 is 17.0 Å². The lowest BCUT2D eigenvalue weighted by atomic mass is 9.99. The molecular weight excluding hydrogens is 368 g/mol. The zero-order valence-corrected chi connectivity index (χ0v) is 16.8. The van der Waals surface area contributed by atoms with Gasteiger partial charge in [-0.1, -0.05) is 54.6 Å². The number of aromatic nitrogens is 2. The molecule has 1 aromatic heterocycles. The molecular formula is C22H24N4O3. The fraction of sp³-hybridized carbons (Fsp3) is 0.227. The molecule has 0 radical (unpaired) electrons. The number of carbonyl (C=O) groups excluding carboxylic acids is 1. The quantitative estimate of drug-likeness (QED) is 0.644. The van der Waals surface area contributed by atoms with Gasteiger partial charge in [0.2, 0.25) is 0 Å². The molecule has 29 heavy (non-hydrogen) atoms. The van der Waals surface area contributed by atoms with Crippen LogP contribution in [0.3, 0.4) is 0 Å². The van der Waals surface area contributed by atoms with Gasteiger partial charge >= 0.3 is 5.69 Å². The highest BCUT2D eigenvalue weighted by molar-refractivity contribution is 6.01. The molecule has 0 aliphatic rings. The van der Waals surface area contributed by atoms with E-state index in [1.807, 2.05) is 66.5 Å². The highest BCUT2D eigenvalue weighted by atomic mass is 16.2. The molecule has 2 N–H and O–H groups in total. The van der Waals surface area contributed by atoms with Crippen LogP contribution in [-0.4, -0.2) is 33.4 Å². The number of nitrogens with zero attached hydrogens (tertiary/aromatic N) is 3. The first-order valence-corrected chi connectivity index (χ1v) is 9.21. The van der Waals surface area contributed by atoms with E-state index in [2.05, 4.69) is 0 Å². The highest BCUT2D eigenvalue weighted by Gasteiger charge is 2.21. The summed E-state index contributed by atoms with van der Waals surface area (Å²) in [7, 11) is 4.58. The summed E-state index contributed by atoms with van der Waals surface area (Å²) in [5.74, 6) is -0.528. The number of nitrogen functional groups attached to an aromatic ring is 1. The predicted octanol–water partition coefficient (Wildman–Crippen LogP) is 1.65. The van der Waals surface area contributed by atoms with Gasteiger partial charge in [0.1, 0.15) is 11.4 Å². The average molecular weight is 392 g/mol. The van der Waals surface area contributed by atoms with Crippen molar-refractivity contribution in [2.75, 3.05) is 19.3 Å². The Labute approximate surface area is 168 Å². The molecule has 7 nitrogen and oxygen atoms in total. The van der Waals surface area contributed by atoms with Gasteiger partial charge in [-0.25, -0.2) is 4.79 Å². The summed E-state index contributed by atoms with van der Waals surface area (Å²) in [5.41, 5.74) is 7.75. The van der Waals surface area contributed by atoms with Crippen LogP contribution in [0.1, 0.15) is 15.9 Å². The fourth-order valence-corrected chi connectivity index (χ4v) is 3.35. The minimum atomic E-state index is -0.673. The van der Waals surface area contributed by atoms with Crippen molar-refractivity contribution >= 4 is 11.6 Å². The molecule has 2 aromatic carbocycles. The molecule has 3 aromatic rings.